The third kappa shape index (κ3) is 8.56. The lowest BCUT2D eigenvalue weighted by Gasteiger charge is -2.43. The van der Waals surface area contributed by atoms with Crippen LogP contribution in [0.1, 0.15) is 42.6 Å². The normalized spacial score (nSPS) is 18.2. The predicted octanol–water partition coefficient (Wildman–Crippen LogP) is 4.29. The number of nitrogens with zero attached hydrogens (tertiary/aromatic N) is 3. The van der Waals surface area contributed by atoms with Crippen molar-refractivity contribution < 1.29 is 64.5 Å². The van der Waals surface area contributed by atoms with Gasteiger partial charge in [-0.1, -0.05) is 13.8 Å². The van der Waals surface area contributed by atoms with Crippen molar-refractivity contribution in [3.05, 3.63) is 59.4 Å². The number of hydrogen-bond acceptors (Lipinski definition) is 7. The number of halogens is 7. The van der Waals surface area contributed by atoms with Crippen LogP contribution >= 0.6 is 0 Å². The molecule has 3 aliphatic rings. The summed E-state index contributed by atoms with van der Waals surface area (Å²) in [5.74, 6) is -5.40. The van der Waals surface area contributed by atoms with Gasteiger partial charge in [0.25, 0.3) is 11.8 Å². The largest absolute Gasteiger partial charge is 0.493 e. The van der Waals surface area contributed by atoms with Gasteiger partial charge in [-0.15, -0.1) is 0 Å². The molecule has 1 spiro atoms. The number of benzene rings is 2. The van der Waals surface area contributed by atoms with Crippen LogP contribution in [0.25, 0.3) is 0 Å². The molecule has 2 aromatic rings. The van der Waals surface area contributed by atoms with Crippen LogP contribution in [-0.2, 0) is 20.6 Å². The number of carbonyl (C=O) groups excluding carboxylic acids is 4. The van der Waals surface area contributed by atoms with Crippen molar-refractivity contribution in [2.75, 3.05) is 44.7 Å². The fourth-order valence-corrected chi connectivity index (χ4v) is 5.90. The standard InChI is InChI=1S/C31H35F4N5O5.C2HF3O2/c1-18(2)25(37-26(41)23-14-20(31(33,34)35)4-9-24(23)32)27(42)39-12-10-30(11-13-39)28(43)38(3)29(44)40(30)21-5-7-22(8-6-21)45-17-19-15-36-16-19;3-2(4,5)1(6)7/h4-9,14,18-19,25,36H,10-13,15-17H2,1-3H3,(H,37,41);(H,6,7)/t25-;/m1./s1. The van der Waals surface area contributed by atoms with Crippen molar-refractivity contribution >= 4 is 35.4 Å². The lowest BCUT2D eigenvalue weighted by Crippen LogP contribution is -2.60. The highest BCUT2D eigenvalue weighted by molar-refractivity contribution is 6.16. The summed E-state index contributed by atoms with van der Waals surface area (Å²) >= 11 is 0. The molecule has 0 radical (unpaired) electrons. The van der Waals surface area contributed by atoms with Gasteiger partial charge in [0.1, 0.15) is 23.1 Å². The van der Waals surface area contributed by atoms with E-state index in [0.29, 0.717) is 42.2 Å². The summed E-state index contributed by atoms with van der Waals surface area (Å²) in [4.78, 5) is 66.1. The SMILES string of the molecule is CC(C)[C@@H](NC(=O)c1cc(C(F)(F)F)ccc1F)C(=O)N1CCC2(CC1)C(=O)N(C)C(=O)N2c1ccc(OCC2CNC2)cc1.O=C(O)C(F)(F)F. The number of carboxylic acid groups (broad SMARTS) is 1. The molecule has 3 N–H and O–H groups in total. The molecular weight excluding hydrogens is 711 g/mol. The van der Waals surface area contributed by atoms with E-state index in [1.807, 2.05) is 0 Å². The molecule has 284 valence electrons. The van der Waals surface area contributed by atoms with Gasteiger partial charge < -0.3 is 25.4 Å². The number of nitrogens with one attached hydrogen (secondary N) is 2. The van der Waals surface area contributed by atoms with E-state index in [1.165, 1.54) is 16.8 Å². The summed E-state index contributed by atoms with van der Waals surface area (Å²) < 4.78 is 91.5. The lowest BCUT2D eigenvalue weighted by molar-refractivity contribution is -0.192. The molecule has 2 aromatic carbocycles. The number of anilines is 1. The summed E-state index contributed by atoms with van der Waals surface area (Å²) in [6.07, 6.45) is -9.65. The number of rotatable bonds is 8. The molecule has 3 heterocycles. The number of ether oxygens (including phenoxy) is 1. The molecule has 0 aliphatic carbocycles. The minimum Gasteiger partial charge on any atom is -0.493 e. The van der Waals surface area contributed by atoms with Gasteiger partial charge in [0.15, 0.2) is 0 Å². The molecule has 3 fully saturated rings. The van der Waals surface area contributed by atoms with Crippen molar-refractivity contribution in [2.45, 2.75) is 50.6 Å². The third-order valence-corrected chi connectivity index (χ3v) is 8.96. The minimum absolute atomic E-state index is 0.0653. The average Bonchev–Trinajstić information content (AvgIpc) is 3.22. The Balaban J connectivity index is 0.000000785. The van der Waals surface area contributed by atoms with Crippen molar-refractivity contribution in [3.63, 3.8) is 0 Å². The van der Waals surface area contributed by atoms with Crippen LogP contribution < -0.4 is 20.3 Å². The molecule has 1 atom stereocenters. The second kappa shape index (κ2) is 15.3. The molecule has 3 aliphatic heterocycles. The van der Waals surface area contributed by atoms with Crippen LogP contribution in [0.5, 0.6) is 5.75 Å². The highest BCUT2D eigenvalue weighted by Crippen LogP contribution is 2.41. The molecular formula is C33H36F7N5O7. The second-order valence-electron chi connectivity index (χ2n) is 12.9. The smallest absolute Gasteiger partial charge is 0.490 e. The number of urea groups is 1. The summed E-state index contributed by atoms with van der Waals surface area (Å²) in [7, 11) is 1.41. The van der Waals surface area contributed by atoms with Crippen LogP contribution in [0.4, 0.5) is 41.2 Å². The first-order valence-electron chi connectivity index (χ1n) is 16.0. The number of aliphatic carboxylic acids is 1. The molecule has 0 unspecified atom stereocenters. The number of imide groups is 1. The van der Waals surface area contributed by atoms with Crippen LogP contribution in [0.15, 0.2) is 42.5 Å². The quantitative estimate of drug-likeness (QED) is 0.268. The van der Waals surface area contributed by atoms with E-state index < -0.39 is 76.5 Å². The Labute approximate surface area is 292 Å². The van der Waals surface area contributed by atoms with Crippen molar-refractivity contribution in [1.82, 2.24) is 20.4 Å². The van der Waals surface area contributed by atoms with Gasteiger partial charge in [-0.05, 0) is 61.2 Å². The Bertz CT molecular complexity index is 1670. The topological polar surface area (TPSA) is 149 Å². The fraction of sp³-hybridized carbons (Fsp3) is 0.485. The molecule has 3 saturated heterocycles. The summed E-state index contributed by atoms with van der Waals surface area (Å²) in [6.45, 7) is 5.78. The number of carbonyl (C=O) groups is 5. The van der Waals surface area contributed by atoms with E-state index in [4.69, 9.17) is 14.6 Å². The van der Waals surface area contributed by atoms with E-state index >= 15 is 0 Å². The summed E-state index contributed by atoms with van der Waals surface area (Å²) in [6, 6.07) is 6.75. The van der Waals surface area contributed by atoms with Crippen molar-refractivity contribution in [3.8, 4) is 5.75 Å². The zero-order valence-electron chi connectivity index (χ0n) is 28.1. The summed E-state index contributed by atoms with van der Waals surface area (Å²) in [5.41, 5.74) is -2.75. The highest BCUT2D eigenvalue weighted by atomic mass is 19.4. The molecule has 5 rings (SSSR count). The maximum absolute atomic E-state index is 14.4. The maximum Gasteiger partial charge on any atom is 0.490 e. The second-order valence-corrected chi connectivity index (χ2v) is 12.9. The Morgan fingerprint density at radius 3 is 2.06 bits per heavy atom. The monoisotopic (exact) mass is 747 g/mol. The number of piperidine rings is 1. The minimum atomic E-state index is -5.08. The Morgan fingerprint density at radius 2 is 1.58 bits per heavy atom. The summed E-state index contributed by atoms with van der Waals surface area (Å²) in [5, 5.41) is 12.7. The van der Waals surface area contributed by atoms with Crippen molar-refractivity contribution in [1.29, 1.82) is 0 Å². The number of likely N-dealkylation sites (N-methyl/N-ethyl adjacent to an activating group) is 1. The van der Waals surface area contributed by atoms with Crippen LogP contribution in [0.3, 0.4) is 0 Å². The number of amides is 5. The molecule has 0 saturated carbocycles. The maximum atomic E-state index is 14.4. The highest BCUT2D eigenvalue weighted by Gasteiger charge is 2.58. The van der Waals surface area contributed by atoms with Crippen LogP contribution in [-0.4, -0.2) is 102 Å². The first-order chi connectivity index (χ1) is 24.2. The molecule has 52 heavy (non-hydrogen) atoms. The van der Waals surface area contributed by atoms with Gasteiger partial charge in [0.05, 0.1) is 17.7 Å². The van der Waals surface area contributed by atoms with E-state index in [9.17, 15) is 49.9 Å². The van der Waals surface area contributed by atoms with Gasteiger partial charge >= 0.3 is 24.4 Å². The molecule has 5 amide bonds. The van der Waals surface area contributed by atoms with Crippen molar-refractivity contribution in [2.24, 2.45) is 11.8 Å². The third-order valence-electron chi connectivity index (χ3n) is 8.96. The van der Waals surface area contributed by atoms with Gasteiger partial charge in [0, 0.05) is 44.8 Å². The Hall–Kier alpha value is -4.94. The zero-order chi connectivity index (χ0) is 38.8. The number of likely N-dealkylation sites (tertiary alicyclic amines) is 1. The average molecular weight is 748 g/mol. The Morgan fingerprint density at radius 1 is 1.00 bits per heavy atom. The van der Waals surface area contributed by atoms with Gasteiger partial charge in [0.2, 0.25) is 5.91 Å². The first kappa shape index (κ1) is 39.8. The molecule has 0 aromatic heterocycles. The van der Waals surface area contributed by atoms with Gasteiger partial charge in [-0.2, -0.15) is 26.3 Å². The number of alkyl halides is 6. The van der Waals surface area contributed by atoms with Crippen LogP contribution in [0, 0.1) is 17.7 Å². The predicted molar refractivity (Wildman–Crippen MR) is 169 cm³/mol. The Kier molecular flexibility index (Phi) is 11.8. The first-order valence-corrected chi connectivity index (χ1v) is 16.0. The van der Waals surface area contributed by atoms with Gasteiger partial charge in [-0.25, -0.2) is 14.0 Å². The zero-order valence-corrected chi connectivity index (χ0v) is 28.1. The molecule has 12 nitrogen and oxygen atoms in total. The fourth-order valence-electron chi connectivity index (χ4n) is 5.90. The van der Waals surface area contributed by atoms with Gasteiger partial charge in [-0.3, -0.25) is 24.2 Å². The lowest BCUT2D eigenvalue weighted by atomic mass is 9.85. The van der Waals surface area contributed by atoms with E-state index in [1.54, 1.807) is 38.1 Å². The van der Waals surface area contributed by atoms with Crippen LogP contribution in [0.2, 0.25) is 0 Å². The van der Waals surface area contributed by atoms with E-state index in [-0.39, 0.29) is 25.9 Å². The molecule has 0 bridgehead atoms. The van der Waals surface area contributed by atoms with E-state index in [0.717, 1.165) is 18.0 Å². The number of hydrogen-bond donors (Lipinski definition) is 3. The number of carboxylic acids is 1. The van der Waals surface area contributed by atoms with E-state index in [2.05, 4.69) is 10.6 Å². The molecule has 19 heteroatoms.